The number of methoxy groups -OCH3 is 1. The first-order chi connectivity index (χ1) is 19.6. The van der Waals surface area contributed by atoms with E-state index in [1.807, 2.05) is 72.8 Å². The molecule has 0 saturated heterocycles. The van der Waals surface area contributed by atoms with Crippen molar-refractivity contribution in [2.45, 2.75) is 37.9 Å². The Labute approximate surface area is 232 Å². The zero-order chi connectivity index (χ0) is 27.5. The fourth-order valence-electron chi connectivity index (χ4n) is 5.28. The topological polar surface area (TPSA) is 63.2 Å². The Hall–Kier alpha value is -4.52. The molecular weight excluding hydrogens is 511 g/mol. The van der Waals surface area contributed by atoms with Crippen molar-refractivity contribution >= 4 is 5.97 Å². The molecule has 1 aliphatic heterocycles. The molecule has 0 aromatic heterocycles. The molecule has 0 spiro atoms. The Bertz CT molecular complexity index is 1500. The van der Waals surface area contributed by atoms with Gasteiger partial charge in [0.2, 0.25) is 0 Å². The van der Waals surface area contributed by atoms with Crippen molar-refractivity contribution in [3.8, 4) is 28.7 Å². The van der Waals surface area contributed by atoms with Gasteiger partial charge < -0.3 is 23.7 Å². The highest BCUT2D eigenvalue weighted by atomic mass is 19.1. The standard InChI is InChI=1S/C33H29FO6/c1-36-32(35)17-22-20-38-31-18-25(11-12-26(22)31)40-30-15-13-27-29(16-14-28(34)33(27)30)39-24-9-7-23(8-10-24)37-19-21-5-3-2-4-6-21/h2-12,14,16,18,22,30H,13,15,17,19-20H2,1H3/t22-,30-/m1/s1. The normalized spacial score (nSPS) is 16.9. The molecule has 7 heteroatoms. The van der Waals surface area contributed by atoms with E-state index in [1.54, 1.807) is 6.07 Å². The molecule has 0 unspecified atom stereocenters. The van der Waals surface area contributed by atoms with Crippen LogP contribution in [0.4, 0.5) is 4.39 Å². The third kappa shape index (κ3) is 5.45. The maximum absolute atomic E-state index is 15.0. The van der Waals surface area contributed by atoms with Crippen LogP contribution in [0.2, 0.25) is 0 Å². The maximum Gasteiger partial charge on any atom is 0.306 e. The van der Waals surface area contributed by atoms with Gasteiger partial charge in [-0.15, -0.1) is 0 Å². The van der Waals surface area contributed by atoms with E-state index in [9.17, 15) is 4.79 Å². The molecule has 4 aromatic rings. The van der Waals surface area contributed by atoms with Crippen LogP contribution in [-0.2, 0) is 22.6 Å². The van der Waals surface area contributed by atoms with Crippen LogP contribution in [0.1, 0.15) is 47.1 Å². The smallest absolute Gasteiger partial charge is 0.306 e. The highest BCUT2D eigenvalue weighted by Crippen LogP contribution is 2.44. The van der Waals surface area contributed by atoms with Gasteiger partial charge in [-0.25, -0.2) is 4.39 Å². The Morgan fingerprint density at radius 1 is 0.950 bits per heavy atom. The highest BCUT2D eigenvalue weighted by molar-refractivity contribution is 5.71. The van der Waals surface area contributed by atoms with E-state index in [4.69, 9.17) is 23.7 Å². The Balaban J connectivity index is 1.13. The lowest BCUT2D eigenvalue weighted by Crippen LogP contribution is -2.09. The molecule has 4 aromatic carbocycles. The second-order valence-corrected chi connectivity index (χ2v) is 9.92. The Morgan fingerprint density at radius 2 is 1.73 bits per heavy atom. The van der Waals surface area contributed by atoms with Gasteiger partial charge in [0.15, 0.2) is 0 Å². The minimum atomic E-state index is -0.447. The predicted octanol–water partition coefficient (Wildman–Crippen LogP) is 7.30. The molecule has 0 fully saturated rings. The highest BCUT2D eigenvalue weighted by Gasteiger charge is 2.32. The summed E-state index contributed by atoms with van der Waals surface area (Å²) in [6, 6.07) is 26.0. The summed E-state index contributed by atoms with van der Waals surface area (Å²) in [6.07, 6.45) is 1.07. The van der Waals surface area contributed by atoms with Crippen LogP contribution in [0.3, 0.4) is 0 Å². The summed E-state index contributed by atoms with van der Waals surface area (Å²) in [6.45, 7) is 0.897. The molecule has 0 radical (unpaired) electrons. The lowest BCUT2D eigenvalue weighted by molar-refractivity contribution is -0.141. The van der Waals surface area contributed by atoms with Crippen molar-refractivity contribution < 1.29 is 32.9 Å². The summed E-state index contributed by atoms with van der Waals surface area (Å²) in [5, 5.41) is 0. The first-order valence-corrected chi connectivity index (χ1v) is 13.3. The van der Waals surface area contributed by atoms with Crippen molar-refractivity contribution in [1.82, 2.24) is 0 Å². The Kier molecular flexibility index (Phi) is 7.27. The summed E-state index contributed by atoms with van der Waals surface area (Å²) in [7, 11) is 1.38. The van der Waals surface area contributed by atoms with Gasteiger partial charge in [0, 0.05) is 28.7 Å². The molecule has 204 valence electrons. The zero-order valence-corrected chi connectivity index (χ0v) is 22.1. The monoisotopic (exact) mass is 540 g/mol. The van der Waals surface area contributed by atoms with Crippen LogP contribution in [-0.4, -0.2) is 19.7 Å². The van der Waals surface area contributed by atoms with E-state index < -0.39 is 6.10 Å². The molecule has 0 amide bonds. The van der Waals surface area contributed by atoms with E-state index in [0.29, 0.717) is 54.6 Å². The number of carbonyl (C=O) groups excluding carboxylic acids is 1. The summed E-state index contributed by atoms with van der Waals surface area (Å²) in [4.78, 5) is 11.7. The molecule has 6 nitrogen and oxygen atoms in total. The summed E-state index contributed by atoms with van der Waals surface area (Å²) < 4.78 is 43.9. The largest absolute Gasteiger partial charge is 0.492 e. The fourth-order valence-corrected chi connectivity index (χ4v) is 5.28. The lowest BCUT2D eigenvalue weighted by Gasteiger charge is -2.17. The third-order valence-corrected chi connectivity index (χ3v) is 7.32. The minimum absolute atomic E-state index is 0.0506. The average molecular weight is 541 g/mol. The van der Waals surface area contributed by atoms with Gasteiger partial charge in [-0.3, -0.25) is 4.79 Å². The van der Waals surface area contributed by atoms with Gasteiger partial charge in [-0.2, -0.15) is 0 Å². The fraction of sp³-hybridized carbons (Fsp3) is 0.242. The lowest BCUT2D eigenvalue weighted by atomic mass is 9.98. The van der Waals surface area contributed by atoms with Gasteiger partial charge in [0.25, 0.3) is 0 Å². The number of hydrogen-bond acceptors (Lipinski definition) is 6. The molecule has 0 bridgehead atoms. The average Bonchev–Trinajstić information content (AvgIpc) is 3.59. The molecule has 0 N–H and O–H groups in total. The van der Waals surface area contributed by atoms with E-state index in [-0.39, 0.29) is 24.1 Å². The van der Waals surface area contributed by atoms with Crippen molar-refractivity contribution in [3.05, 3.63) is 113 Å². The zero-order valence-electron chi connectivity index (χ0n) is 22.1. The molecule has 1 heterocycles. The van der Waals surface area contributed by atoms with Crippen LogP contribution in [0.15, 0.2) is 84.9 Å². The second-order valence-electron chi connectivity index (χ2n) is 9.92. The van der Waals surface area contributed by atoms with Crippen molar-refractivity contribution in [3.63, 3.8) is 0 Å². The van der Waals surface area contributed by atoms with Crippen molar-refractivity contribution in [2.75, 3.05) is 13.7 Å². The van der Waals surface area contributed by atoms with Gasteiger partial charge in [0.05, 0.1) is 20.1 Å². The van der Waals surface area contributed by atoms with Crippen LogP contribution in [0.25, 0.3) is 0 Å². The van der Waals surface area contributed by atoms with E-state index in [0.717, 1.165) is 22.4 Å². The molecule has 40 heavy (non-hydrogen) atoms. The SMILES string of the molecule is COC(=O)C[C@@H]1COc2cc(O[C@@H]3CCc4c(Oc5ccc(OCc6ccccc6)cc5)ccc(F)c43)ccc21. The number of benzene rings is 4. The quantitative estimate of drug-likeness (QED) is 0.208. The molecular formula is C33H29FO6. The molecule has 6 rings (SSSR count). The van der Waals surface area contributed by atoms with Gasteiger partial charge >= 0.3 is 5.97 Å². The predicted molar refractivity (Wildman–Crippen MR) is 147 cm³/mol. The third-order valence-electron chi connectivity index (χ3n) is 7.32. The van der Waals surface area contributed by atoms with Crippen molar-refractivity contribution in [2.24, 2.45) is 0 Å². The molecule has 1 aliphatic carbocycles. The number of esters is 1. The van der Waals surface area contributed by atoms with E-state index in [2.05, 4.69) is 0 Å². The maximum atomic E-state index is 15.0. The first-order valence-electron chi connectivity index (χ1n) is 13.3. The van der Waals surface area contributed by atoms with Gasteiger partial charge in [-0.1, -0.05) is 36.4 Å². The van der Waals surface area contributed by atoms with Crippen LogP contribution in [0, 0.1) is 5.82 Å². The van der Waals surface area contributed by atoms with E-state index in [1.165, 1.54) is 13.2 Å². The first kappa shape index (κ1) is 25.7. The van der Waals surface area contributed by atoms with Crippen LogP contribution in [0.5, 0.6) is 28.7 Å². The van der Waals surface area contributed by atoms with Crippen LogP contribution < -0.4 is 18.9 Å². The van der Waals surface area contributed by atoms with Gasteiger partial charge in [-0.05, 0) is 60.9 Å². The molecule has 2 atom stereocenters. The number of hydrogen-bond donors (Lipinski definition) is 0. The minimum Gasteiger partial charge on any atom is -0.492 e. The number of ether oxygens (including phenoxy) is 5. The van der Waals surface area contributed by atoms with E-state index >= 15 is 4.39 Å². The van der Waals surface area contributed by atoms with Crippen LogP contribution >= 0.6 is 0 Å². The molecule has 2 aliphatic rings. The second kappa shape index (κ2) is 11.3. The Morgan fingerprint density at radius 3 is 2.52 bits per heavy atom. The summed E-state index contributed by atoms with van der Waals surface area (Å²) >= 11 is 0. The number of fused-ring (bicyclic) bond motifs is 2. The number of carbonyl (C=O) groups is 1. The number of rotatable bonds is 9. The molecule has 0 saturated carbocycles. The number of halogens is 1. The van der Waals surface area contributed by atoms with Gasteiger partial charge in [0.1, 0.15) is 47.3 Å². The summed E-state index contributed by atoms with van der Waals surface area (Å²) in [5.74, 6) is 2.63. The summed E-state index contributed by atoms with van der Waals surface area (Å²) in [5.41, 5.74) is 3.37. The van der Waals surface area contributed by atoms with Crippen molar-refractivity contribution in [1.29, 1.82) is 0 Å².